The van der Waals surface area contributed by atoms with E-state index in [9.17, 15) is 14.0 Å². The molecule has 2 amide bonds. The summed E-state index contributed by atoms with van der Waals surface area (Å²) in [6.07, 6.45) is 0. The van der Waals surface area contributed by atoms with Crippen molar-refractivity contribution in [3.63, 3.8) is 0 Å². The summed E-state index contributed by atoms with van der Waals surface area (Å²) in [5.41, 5.74) is 2.00. The zero-order valence-electron chi connectivity index (χ0n) is 17.8. The molecule has 32 heavy (non-hydrogen) atoms. The van der Waals surface area contributed by atoms with Gasteiger partial charge in [0, 0.05) is 18.2 Å². The number of carbonyl (C=O) groups is 2. The first-order valence-corrected chi connectivity index (χ1v) is 10.0. The van der Waals surface area contributed by atoms with E-state index in [1.165, 1.54) is 17.0 Å². The number of ether oxygens (including phenoxy) is 2. The highest BCUT2D eigenvalue weighted by molar-refractivity contribution is 5.80. The number of nitrogens with one attached hydrogen (secondary N) is 1. The summed E-state index contributed by atoms with van der Waals surface area (Å²) in [5.74, 6) is 0.292. The summed E-state index contributed by atoms with van der Waals surface area (Å²) >= 11 is 0. The van der Waals surface area contributed by atoms with Crippen molar-refractivity contribution in [1.82, 2.24) is 15.4 Å². The average Bonchev–Trinajstić information content (AvgIpc) is 3.27. The number of amides is 2. The molecule has 0 spiro atoms. The Labute approximate surface area is 184 Å². The van der Waals surface area contributed by atoms with Crippen molar-refractivity contribution >= 4 is 12.0 Å². The number of methoxy groups -OCH3 is 1. The van der Waals surface area contributed by atoms with Crippen LogP contribution in [-0.2, 0) is 22.6 Å². The van der Waals surface area contributed by atoms with Crippen LogP contribution < -0.4 is 10.1 Å². The molecule has 168 valence electrons. The van der Waals surface area contributed by atoms with E-state index in [4.69, 9.17) is 14.0 Å². The third kappa shape index (κ3) is 6.31. The molecule has 3 rings (SSSR count). The summed E-state index contributed by atoms with van der Waals surface area (Å²) < 4.78 is 28.8. The third-order valence-corrected chi connectivity index (χ3v) is 4.53. The standard InChI is InChI=1S/C23H24FN3O5/c1-3-31-22(28)13-25-23(29)27(14-16-7-9-18(24)10-8-16)15-19-12-21(32-26-19)17-5-4-6-20(11-17)30-2/h4-12H,3,13-15H2,1-2H3,(H,25,29). The molecule has 0 unspecified atom stereocenters. The van der Waals surface area contributed by atoms with Gasteiger partial charge in [-0.3, -0.25) is 4.79 Å². The maximum absolute atomic E-state index is 13.3. The van der Waals surface area contributed by atoms with Crippen LogP contribution in [0.3, 0.4) is 0 Å². The fraction of sp³-hybridized carbons (Fsp3) is 0.261. The van der Waals surface area contributed by atoms with E-state index in [0.29, 0.717) is 22.8 Å². The minimum atomic E-state index is -0.538. The molecule has 1 aromatic heterocycles. The van der Waals surface area contributed by atoms with E-state index in [1.54, 1.807) is 32.2 Å². The Hall–Kier alpha value is -3.88. The van der Waals surface area contributed by atoms with Gasteiger partial charge in [-0.15, -0.1) is 0 Å². The lowest BCUT2D eigenvalue weighted by molar-refractivity contribution is -0.141. The largest absolute Gasteiger partial charge is 0.497 e. The summed E-state index contributed by atoms with van der Waals surface area (Å²) in [7, 11) is 1.58. The number of benzene rings is 2. The Morgan fingerprint density at radius 2 is 1.91 bits per heavy atom. The van der Waals surface area contributed by atoms with Gasteiger partial charge in [0.2, 0.25) is 0 Å². The van der Waals surface area contributed by atoms with Gasteiger partial charge < -0.3 is 24.2 Å². The van der Waals surface area contributed by atoms with Gasteiger partial charge in [-0.1, -0.05) is 29.4 Å². The Kier molecular flexibility index (Phi) is 7.80. The van der Waals surface area contributed by atoms with Crippen LogP contribution in [0.4, 0.5) is 9.18 Å². The second kappa shape index (κ2) is 10.9. The van der Waals surface area contributed by atoms with Gasteiger partial charge in [-0.05, 0) is 36.8 Å². The lowest BCUT2D eigenvalue weighted by Gasteiger charge is -2.22. The van der Waals surface area contributed by atoms with Crippen molar-refractivity contribution in [2.24, 2.45) is 0 Å². The number of rotatable bonds is 9. The van der Waals surface area contributed by atoms with Gasteiger partial charge in [-0.2, -0.15) is 0 Å². The fourth-order valence-electron chi connectivity index (χ4n) is 2.98. The van der Waals surface area contributed by atoms with Crippen LogP contribution in [0.2, 0.25) is 0 Å². The molecule has 1 heterocycles. The number of halogens is 1. The predicted molar refractivity (Wildman–Crippen MR) is 114 cm³/mol. The molecule has 0 atom stereocenters. The number of esters is 1. The van der Waals surface area contributed by atoms with Gasteiger partial charge in [0.1, 0.15) is 23.8 Å². The number of carbonyl (C=O) groups excluding carboxylic acids is 2. The summed E-state index contributed by atoms with van der Waals surface area (Å²) in [4.78, 5) is 25.8. The first kappa shape index (κ1) is 22.8. The molecule has 0 saturated carbocycles. The van der Waals surface area contributed by atoms with Gasteiger partial charge >= 0.3 is 12.0 Å². The van der Waals surface area contributed by atoms with E-state index < -0.39 is 12.0 Å². The summed E-state index contributed by atoms with van der Waals surface area (Å²) in [6.45, 7) is 1.93. The van der Waals surface area contributed by atoms with Gasteiger partial charge in [0.15, 0.2) is 5.76 Å². The molecule has 0 saturated heterocycles. The second-order valence-corrected chi connectivity index (χ2v) is 6.86. The Balaban J connectivity index is 1.75. The fourth-order valence-corrected chi connectivity index (χ4v) is 2.98. The number of hydrogen-bond acceptors (Lipinski definition) is 6. The highest BCUT2D eigenvalue weighted by Gasteiger charge is 2.18. The lowest BCUT2D eigenvalue weighted by atomic mass is 10.1. The quantitative estimate of drug-likeness (QED) is 0.508. The molecule has 0 aliphatic heterocycles. The van der Waals surface area contributed by atoms with Crippen LogP contribution in [0.15, 0.2) is 59.1 Å². The Morgan fingerprint density at radius 3 is 2.62 bits per heavy atom. The smallest absolute Gasteiger partial charge is 0.325 e. The molecular formula is C23H24FN3O5. The second-order valence-electron chi connectivity index (χ2n) is 6.86. The molecule has 0 fully saturated rings. The topological polar surface area (TPSA) is 93.9 Å². The monoisotopic (exact) mass is 441 g/mol. The van der Waals surface area contributed by atoms with E-state index in [-0.39, 0.29) is 32.1 Å². The predicted octanol–water partition coefficient (Wildman–Crippen LogP) is 3.76. The van der Waals surface area contributed by atoms with Crippen LogP contribution in [0, 0.1) is 5.82 Å². The van der Waals surface area contributed by atoms with Crippen LogP contribution >= 0.6 is 0 Å². The summed E-state index contributed by atoms with van der Waals surface area (Å²) in [5, 5.41) is 6.60. The van der Waals surface area contributed by atoms with Crippen LogP contribution in [0.25, 0.3) is 11.3 Å². The van der Waals surface area contributed by atoms with Crippen molar-refractivity contribution in [1.29, 1.82) is 0 Å². The number of urea groups is 1. The highest BCUT2D eigenvalue weighted by atomic mass is 19.1. The normalized spacial score (nSPS) is 10.5. The van der Waals surface area contributed by atoms with Crippen molar-refractivity contribution < 1.29 is 28.0 Å². The van der Waals surface area contributed by atoms with Crippen LogP contribution in [0.1, 0.15) is 18.2 Å². The summed E-state index contributed by atoms with van der Waals surface area (Å²) in [6, 6.07) is 14.4. The maximum Gasteiger partial charge on any atom is 0.325 e. The molecule has 8 nitrogen and oxygen atoms in total. The Morgan fingerprint density at radius 1 is 1.12 bits per heavy atom. The minimum absolute atomic E-state index is 0.111. The lowest BCUT2D eigenvalue weighted by Crippen LogP contribution is -2.41. The number of hydrogen-bond donors (Lipinski definition) is 1. The van der Waals surface area contributed by atoms with Crippen molar-refractivity contribution in [3.8, 4) is 17.1 Å². The van der Waals surface area contributed by atoms with Crippen molar-refractivity contribution in [3.05, 3.63) is 71.7 Å². The number of aromatic nitrogens is 1. The minimum Gasteiger partial charge on any atom is -0.497 e. The zero-order chi connectivity index (χ0) is 22.9. The molecule has 0 bridgehead atoms. The van der Waals surface area contributed by atoms with Crippen molar-refractivity contribution in [2.45, 2.75) is 20.0 Å². The molecule has 9 heteroatoms. The van der Waals surface area contributed by atoms with E-state index in [2.05, 4.69) is 10.5 Å². The average molecular weight is 441 g/mol. The molecule has 0 radical (unpaired) electrons. The van der Waals surface area contributed by atoms with Gasteiger partial charge in [-0.25, -0.2) is 9.18 Å². The molecule has 2 aromatic carbocycles. The van der Waals surface area contributed by atoms with E-state index in [1.807, 2.05) is 24.3 Å². The first-order chi connectivity index (χ1) is 15.5. The van der Waals surface area contributed by atoms with Gasteiger partial charge in [0.05, 0.1) is 20.3 Å². The number of nitrogens with zero attached hydrogens (tertiary/aromatic N) is 2. The van der Waals surface area contributed by atoms with E-state index in [0.717, 1.165) is 5.56 Å². The highest BCUT2D eigenvalue weighted by Crippen LogP contribution is 2.25. The van der Waals surface area contributed by atoms with Crippen LogP contribution in [-0.4, -0.2) is 42.3 Å². The molecule has 1 N–H and O–H groups in total. The first-order valence-electron chi connectivity index (χ1n) is 10.0. The molecular weight excluding hydrogens is 417 g/mol. The molecule has 3 aromatic rings. The Bertz CT molecular complexity index is 1050. The zero-order valence-corrected chi connectivity index (χ0v) is 17.8. The van der Waals surface area contributed by atoms with Crippen LogP contribution in [0.5, 0.6) is 5.75 Å². The SMILES string of the molecule is CCOC(=O)CNC(=O)N(Cc1ccc(F)cc1)Cc1cc(-c2cccc(OC)c2)on1. The van der Waals surface area contributed by atoms with E-state index >= 15 is 0 Å². The maximum atomic E-state index is 13.3. The molecule has 0 aliphatic rings. The van der Waals surface area contributed by atoms with Crippen molar-refractivity contribution in [2.75, 3.05) is 20.3 Å². The van der Waals surface area contributed by atoms with Gasteiger partial charge in [0.25, 0.3) is 0 Å². The third-order valence-electron chi connectivity index (χ3n) is 4.53. The molecule has 0 aliphatic carbocycles.